The standard InChI is InChI=1S/C15H23FN2O2S/c1-2-11-3-5-12(6-4-11)10-18-15-8-7-13(9-14(15)16)21(17,19)20/h7-9,11-12,18H,2-6,10H2,1H3,(H2,17,19,20). The van der Waals surface area contributed by atoms with Crippen LogP contribution in [0.5, 0.6) is 0 Å². The number of sulfonamides is 1. The van der Waals surface area contributed by atoms with Crippen molar-refractivity contribution in [1.82, 2.24) is 0 Å². The summed E-state index contributed by atoms with van der Waals surface area (Å²) in [6, 6.07) is 3.73. The molecule has 6 heteroatoms. The predicted octanol–water partition coefficient (Wildman–Crippen LogP) is 3.10. The van der Waals surface area contributed by atoms with Crippen LogP contribution in [-0.4, -0.2) is 15.0 Å². The number of nitrogens with one attached hydrogen (secondary N) is 1. The van der Waals surface area contributed by atoms with Crippen molar-refractivity contribution in [3.05, 3.63) is 24.0 Å². The van der Waals surface area contributed by atoms with Gasteiger partial charge in [0.2, 0.25) is 10.0 Å². The first kappa shape index (κ1) is 16.2. The Kier molecular flexibility index (Phi) is 5.22. The minimum absolute atomic E-state index is 0.200. The minimum Gasteiger partial charge on any atom is -0.382 e. The van der Waals surface area contributed by atoms with E-state index in [9.17, 15) is 12.8 Å². The monoisotopic (exact) mass is 314 g/mol. The van der Waals surface area contributed by atoms with Gasteiger partial charge in [-0.2, -0.15) is 0 Å². The maximum Gasteiger partial charge on any atom is 0.238 e. The number of benzene rings is 1. The molecule has 1 saturated carbocycles. The highest BCUT2D eigenvalue weighted by Gasteiger charge is 2.20. The minimum atomic E-state index is -3.85. The molecule has 21 heavy (non-hydrogen) atoms. The molecule has 4 nitrogen and oxygen atoms in total. The summed E-state index contributed by atoms with van der Waals surface area (Å²) in [5.41, 5.74) is 0.333. The first-order valence-electron chi connectivity index (χ1n) is 7.46. The van der Waals surface area contributed by atoms with E-state index in [4.69, 9.17) is 5.14 Å². The van der Waals surface area contributed by atoms with E-state index in [0.29, 0.717) is 11.6 Å². The average Bonchev–Trinajstić information content (AvgIpc) is 2.45. The molecule has 0 atom stereocenters. The Morgan fingerprint density at radius 2 is 1.86 bits per heavy atom. The maximum atomic E-state index is 13.9. The lowest BCUT2D eigenvalue weighted by Crippen LogP contribution is -2.21. The van der Waals surface area contributed by atoms with Gasteiger partial charge in [0.1, 0.15) is 5.82 Å². The molecule has 0 saturated heterocycles. The van der Waals surface area contributed by atoms with E-state index < -0.39 is 15.8 Å². The Hall–Kier alpha value is -1.14. The van der Waals surface area contributed by atoms with E-state index in [0.717, 1.165) is 18.5 Å². The number of nitrogens with two attached hydrogens (primary N) is 1. The van der Waals surface area contributed by atoms with Crippen molar-refractivity contribution in [3.63, 3.8) is 0 Å². The van der Waals surface area contributed by atoms with Crippen LogP contribution in [0, 0.1) is 17.7 Å². The molecule has 118 valence electrons. The Morgan fingerprint density at radius 3 is 2.38 bits per heavy atom. The lowest BCUT2D eigenvalue weighted by Gasteiger charge is -2.28. The van der Waals surface area contributed by atoms with E-state index in [1.807, 2.05) is 0 Å². The Bertz CT molecular complexity index is 581. The molecule has 3 N–H and O–H groups in total. The van der Waals surface area contributed by atoms with Gasteiger partial charge in [0.05, 0.1) is 10.6 Å². The summed E-state index contributed by atoms with van der Waals surface area (Å²) in [7, 11) is -3.85. The summed E-state index contributed by atoms with van der Waals surface area (Å²) in [6.45, 7) is 2.95. The normalized spacial score (nSPS) is 23.0. The van der Waals surface area contributed by atoms with Gasteiger partial charge < -0.3 is 5.32 Å². The fourth-order valence-electron chi connectivity index (χ4n) is 2.91. The van der Waals surface area contributed by atoms with Gasteiger partial charge in [-0.15, -0.1) is 0 Å². The van der Waals surface area contributed by atoms with E-state index >= 15 is 0 Å². The van der Waals surface area contributed by atoms with Crippen molar-refractivity contribution in [2.24, 2.45) is 17.0 Å². The molecule has 1 aliphatic rings. The largest absolute Gasteiger partial charge is 0.382 e. The molecular formula is C15H23FN2O2S. The highest BCUT2D eigenvalue weighted by atomic mass is 32.2. The maximum absolute atomic E-state index is 13.9. The molecule has 0 spiro atoms. The first-order chi connectivity index (χ1) is 9.90. The molecule has 0 radical (unpaired) electrons. The number of hydrogen-bond donors (Lipinski definition) is 2. The summed E-state index contributed by atoms with van der Waals surface area (Å²) < 4.78 is 36.2. The van der Waals surface area contributed by atoms with Gasteiger partial charge in [-0.1, -0.05) is 26.2 Å². The molecule has 0 heterocycles. The van der Waals surface area contributed by atoms with Gasteiger partial charge in [0.15, 0.2) is 0 Å². The molecule has 1 aliphatic carbocycles. The van der Waals surface area contributed by atoms with Crippen LogP contribution < -0.4 is 10.5 Å². The third-order valence-corrected chi connectivity index (χ3v) is 5.30. The molecule has 0 unspecified atom stereocenters. The van der Waals surface area contributed by atoms with Gasteiger partial charge in [-0.25, -0.2) is 17.9 Å². The van der Waals surface area contributed by atoms with Crippen LogP contribution in [0.1, 0.15) is 39.0 Å². The van der Waals surface area contributed by atoms with Crippen molar-refractivity contribution in [2.75, 3.05) is 11.9 Å². The second-order valence-corrected chi connectivity index (χ2v) is 7.42. The molecule has 0 amide bonds. The topological polar surface area (TPSA) is 72.2 Å². The van der Waals surface area contributed by atoms with Crippen LogP contribution in [0.15, 0.2) is 23.1 Å². The van der Waals surface area contributed by atoms with E-state index in [2.05, 4.69) is 12.2 Å². The Balaban J connectivity index is 1.92. The number of hydrogen-bond acceptors (Lipinski definition) is 3. The second-order valence-electron chi connectivity index (χ2n) is 5.86. The zero-order valence-corrected chi connectivity index (χ0v) is 13.1. The molecule has 1 fully saturated rings. The van der Waals surface area contributed by atoms with Crippen LogP contribution in [0.2, 0.25) is 0 Å². The zero-order valence-electron chi connectivity index (χ0n) is 12.3. The van der Waals surface area contributed by atoms with Gasteiger partial charge in [0, 0.05) is 6.54 Å². The van der Waals surface area contributed by atoms with Crippen LogP contribution in [0.3, 0.4) is 0 Å². The number of rotatable bonds is 5. The van der Waals surface area contributed by atoms with Crippen LogP contribution in [0.25, 0.3) is 0 Å². The van der Waals surface area contributed by atoms with Crippen molar-refractivity contribution < 1.29 is 12.8 Å². The molecule has 1 aromatic rings. The Morgan fingerprint density at radius 1 is 1.24 bits per heavy atom. The highest BCUT2D eigenvalue weighted by molar-refractivity contribution is 7.89. The number of anilines is 1. The lowest BCUT2D eigenvalue weighted by molar-refractivity contribution is 0.278. The van der Waals surface area contributed by atoms with Crippen molar-refractivity contribution >= 4 is 15.7 Å². The smallest absolute Gasteiger partial charge is 0.238 e. The molecule has 0 aromatic heterocycles. The fraction of sp³-hybridized carbons (Fsp3) is 0.600. The third-order valence-electron chi connectivity index (χ3n) is 4.39. The predicted molar refractivity (Wildman–Crippen MR) is 82.0 cm³/mol. The van der Waals surface area contributed by atoms with Crippen LogP contribution >= 0.6 is 0 Å². The molecule has 0 bridgehead atoms. The lowest BCUT2D eigenvalue weighted by atomic mass is 9.81. The number of primary sulfonamides is 1. The second kappa shape index (κ2) is 6.75. The quantitative estimate of drug-likeness (QED) is 0.877. The molecule has 0 aliphatic heterocycles. The average molecular weight is 314 g/mol. The van der Waals surface area contributed by atoms with Gasteiger partial charge >= 0.3 is 0 Å². The zero-order chi connectivity index (χ0) is 15.5. The van der Waals surface area contributed by atoms with Gasteiger partial charge in [-0.05, 0) is 42.9 Å². The molecule has 1 aromatic carbocycles. The molecular weight excluding hydrogens is 291 g/mol. The van der Waals surface area contributed by atoms with Crippen molar-refractivity contribution in [3.8, 4) is 0 Å². The van der Waals surface area contributed by atoms with E-state index in [-0.39, 0.29) is 4.90 Å². The summed E-state index contributed by atoms with van der Waals surface area (Å²) in [5.74, 6) is 0.820. The van der Waals surface area contributed by atoms with Crippen molar-refractivity contribution in [1.29, 1.82) is 0 Å². The Labute approximate surface area is 126 Å². The summed E-state index contributed by atoms with van der Waals surface area (Å²) >= 11 is 0. The first-order valence-corrected chi connectivity index (χ1v) is 9.01. The fourth-order valence-corrected chi connectivity index (χ4v) is 3.44. The van der Waals surface area contributed by atoms with Gasteiger partial charge in [0.25, 0.3) is 0 Å². The van der Waals surface area contributed by atoms with Gasteiger partial charge in [-0.3, -0.25) is 0 Å². The molecule has 2 rings (SSSR count). The van der Waals surface area contributed by atoms with Crippen LogP contribution in [-0.2, 0) is 10.0 Å². The van der Waals surface area contributed by atoms with Crippen molar-refractivity contribution in [2.45, 2.75) is 43.9 Å². The summed E-state index contributed by atoms with van der Waals surface area (Å²) in [6.07, 6.45) is 6.07. The summed E-state index contributed by atoms with van der Waals surface area (Å²) in [5, 5.41) is 8.06. The van der Waals surface area contributed by atoms with Crippen LogP contribution in [0.4, 0.5) is 10.1 Å². The highest BCUT2D eigenvalue weighted by Crippen LogP contribution is 2.31. The SMILES string of the molecule is CCC1CCC(CNc2ccc(S(N)(=O)=O)cc2F)CC1. The third kappa shape index (κ3) is 4.41. The number of halogens is 1. The van der Waals surface area contributed by atoms with E-state index in [1.165, 1.54) is 44.2 Å². The summed E-state index contributed by atoms with van der Waals surface area (Å²) in [4.78, 5) is -0.200. The van der Waals surface area contributed by atoms with E-state index in [1.54, 1.807) is 0 Å².